The summed E-state index contributed by atoms with van der Waals surface area (Å²) in [4.78, 5) is 2.18. The number of sulfonamides is 1. The Hall–Kier alpha value is -2.49. The normalized spacial score (nSPS) is 15.1. The van der Waals surface area contributed by atoms with Crippen LogP contribution in [0.15, 0.2) is 54.6 Å². The molecule has 1 heterocycles. The summed E-state index contributed by atoms with van der Waals surface area (Å²) in [6, 6.07) is 17.3. The molecular formula is C21H23N2O3S. The first-order valence-corrected chi connectivity index (χ1v) is 10.4. The van der Waals surface area contributed by atoms with E-state index in [-0.39, 0.29) is 5.75 Å². The first-order valence-electron chi connectivity index (χ1n) is 8.83. The number of hydrogen-bond acceptors (Lipinski definition) is 4. The van der Waals surface area contributed by atoms with Gasteiger partial charge < -0.3 is 9.64 Å². The van der Waals surface area contributed by atoms with Crippen molar-refractivity contribution < 1.29 is 13.2 Å². The summed E-state index contributed by atoms with van der Waals surface area (Å²) in [6.45, 7) is 2.30. The van der Waals surface area contributed by atoms with Gasteiger partial charge in [-0.25, -0.2) is 8.42 Å². The van der Waals surface area contributed by atoms with Gasteiger partial charge in [-0.05, 0) is 36.4 Å². The number of anilines is 1. The number of rotatable bonds is 5. The van der Waals surface area contributed by atoms with Crippen LogP contribution < -0.4 is 9.64 Å². The zero-order valence-corrected chi connectivity index (χ0v) is 16.2. The second-order valence-electron chi connectivity index (χ2n) is 6.20. The van der Waals surface area contributed by atoms with E-state index in [0.29, 0.717) is 26.2 Å². The van der Waals surface area contributed by atoms with E-state index in [9.17, 15) is 8.42 Å². The summed E-state index contributed by atoms with van der Waals surface area (Å²) in [6.07, 6.45) is 1.53. The average Bonchev–Trinajstić information content (AvgIpc) is 2.72. The van der Waals surface area contributed by atoms with Crippen LogP contribution >= 0.6 is 0 Å². The summed E-state index contributed by atoms with van der Waals surface area (Å²) in [7, 11) is -1.69. The van der Waals surface area contributed by atoms with Crippen LogP contribution in [0.5, 0.6) is 5.75 Å². The summed E-state index contributed by atoms with van der Waals surface area (Å²) < 4.78 is 31.8. The molecule has 1 aliphatic rings. The zero-order chi connectivity index (χ0) is 19.1. The standard InChI is InChI=1S/C21H23N2O3S/c1-26-21-12-10-20(11-13-21)22-14-16-23(17-15-22)27(24,25)18-6-5-9-19-7-3-2-4-8-19/h2-4,6-8,10-13H,14-18H2,1H3. The molecule has 2 aromatic carbocycles. The van der Waals surface area contributed by atoms with Gasteiger partial charge in [0.1, 0.15) is 5.75 Å². The highest BCUT2D eigenvalue weighted by Crippen LogP contribution is 2.21. The van der Waals surface area contributed by atoms with E-state index in [1.54, 1.807) is 11.4 Å². The molecule has 0 atom stereocenters. The number of nitrogens with zero attached hydrogens (tertiary/aromatic N) is 2. The monoisotopic (exact) mass is 383 g/mol. The molecule has 0 spiro atoms. The topological polar surface area (TPSA) is 49.9 Å². The Bertz CT molecular complexity index is 892. The molecule has 0 unspecified atom stereocenters. The van der Waals surface area contributed by atoms with Crippen LogP contribution in [0.25, 0.3) is 0 Å². The maximum absolute atomic E-state index is 12.5. The zero-order valence-electron chi connectivity index (χ0n) is 15.3. The van der Waals surface area contributed by atoms with Gasteiger partial charge in [0.15, 0.2) is 0 Å². The number of methoxy groups -OCH3 is 1. The van der Waals surface area contributed by atoms with E-state index < -0.39 is 10.0 Å². The van der Waals surface area contributed by atoms with Gasteiger partial charge in [0.2, 0.25) is 10.0 Å². The third-order valence-electron chi connectivity index (χ3n) is 4.46. The third-order valence-corrected chi connectivity index (χ3v) is 6.20. The van der Waals surface area contributed by atoms with Crippen molar-refractivity contribution in [2.24, 2.45) is 0 Å². The van der Waals surface area contributed by atoms with E-state index in [2.05, 4.69) is 16.7 Å². The molecule has 0 aliphatic carbocycles. The van der Waals surface area contributed by atoms with Gasteiger partial charge in [0.25, 0.3) is 0 Å². The fraction of sp³-hybridized carbons (Fsp3) is 0.286. The molecule has 1 saturated heterocycles. The van der Waals surface area contributed by atoms with E-state index >= 15 is 0 Å². The van der Waals surface area contributed by atoms with Crippen molar-refractivity contribution >= 4 is 15.7 Å². The number of hydrogen-bond donors (Lipinski definition) is 0. The van der Waals surface area contributed by atoms with Crippen molar-refractivity contribution in [1.29, 1.82) is 0 Å². The molecule has 27 heavy (non-hydrogen) atoms. The maximum atomic E-state index is 12.5. The van der Waals surface area contributed by atoms with E-state index in [1.165, 1.54) is 6.42 Å². The van der Waals surface area contributed by atoms with E-state index in [1.807, 2.05) is 54.6 Å². The van der Waals surface area contributed by atoms with Gasteiger partial charge in [0, 0.05) is 37.4 Å². The van der Waals surface area contributed by atoms with Crippen molar-refractivity contribution in [3.05, 3.63) is 66.6 Å². The van der Waals surface area contributed by atoms with Crippen LogP contribution in [0.1, 0.15) is 5.56 Å². The van der Waals surface area contributed by atoms with Crippen molar-refractivity contribution in [2.45, 2.75) is 0 Å². The molecule has 0 amide bonds. The highest BCUT2D eigenvalue weighted by atomic mass is 32.2. The van der Waals surface area contributed by atoms with Crippen molar-refractivity contribution in [2.75, 3.05) is 43.9 Å². The minimum atomic E-state index is -3.33. The molecule has 2 aromatic rings. The first kappa shape index (κ1) is 19.3. The van der Waals surface area contributed by atoms with Crippen molar-refractivity contribution in [3.63, 3.8) is 0 Å². The van der Waals surface area contributed by atoms with Gasteiger partial charge in [-0.2, -0.15) is 4.31 Å². The lowest BCUT2D eigenvalue weighted by atomic mass is 10.2. The predicted octanol–water partition coefficient (Wildman–Crippen LogP) is 2.40. The maximum Gasteiger partial charge on any atom is 0.215 e. The molecule has 0 saturated carbocycles. The van der Waals surface area contributed by atoms with Gasteiger partial charge in [-0.3, -0.25) is 0 Å². The molecule has 0 aromatic heterocycles. The van der Waals surface area contributed by atoms with Gasteiger partial charge in [-0.15, -0.1) is 0 Å². The largest absolute Gasteiger partial charge is 0.497 e. The average molecular weight is 383 g/mol. The van der Waals surface area contributed by atoms with Crippen LogP contribution in [0.4, 0.5) is 5.69 Å². The fourth-order valence-corrected chi connectivity index (χ4v) is 4.15. The minimum absolute atomic E-state index is 0.0601. The number of piperazine rings is 1. The highest BCUT2D eigenvalue weighted by molar-refractivity contribution is 7.89. The SMILES string of the molecule is COc1ccc(N2CCN(S(=O)(=O)C[CH]C#Cc3ccccc3)CC2)cc1. The van der Waals surface area contributed by atoms with Crippen LogP contribution in [0.3, 0.4) is 0 Å². The predicted molar refractivity (Wildman–Crippen MR) is 108 cm³/mol. The Morgan fingerprint density at radius 2 is 1.67 bits per heavy atom. The van der Waals surface area contributed by atoms with Gasteiger partial charge in [0.05, 0.1) is 19.3 Å². The summed E-state index contributed by atoms with van der Waals surface area (Å²) in [5, 5.41) is 0. The van der Waals surface area contributed by atoms with Crippen LogP contribution in [-0.4, -0.2) is 51.8 Å². The Balaban J connectivity index is 1.51. The fourth-order valence-electron chi connectivity index (χ4n) is 2.93. The molecule has 5 nitrogen and oxygen atoms in total. The molecule has 6 heteroatoms. The molecule has 1 fully saturated rings. The smallest absolute Gasteiger partial charge is 0.215 e. The summed E-state index contributed by atoms with van der Waals surface area (Å²) in [5.41, 5.74) is 1.95. The number of benzene rings is 2. The molecular weight excluding hydrogens is 360 g/mol. The molecule has 0 N–H and O–H groups in total. The van der Waals surface area contributed by atoms with Crippen LogP contribution in [-0.2, 0) is 10.0 Å². The highest BCUT2D eigenvalue weighted by Gasteiger charge is 2.26. The Morgan fingerprint density at radius 3 is 2.30 bits per heavy atom. The quantitative estimate of drug-likeness (QED) is 0.744. The molecule has 1 radical (unpaired) electrons. The molecule has 0 bridgehead atoms. The minimum Gasteiger partial charge on any atom is -0.497 e. The van der Waals surface area contributed by atoms with Crippen molar-refractivity contribution in [1.82, 2.24) is 4.31 Å². The second-order valence-corrected chi connectivity index (χ2v) is 8.22. The van der Waals surface area contributed by atoms with Crippen LogP contribution in [0, 0.1) is 18.3 Å². The Kier molecular flexibility index (Phi) is 6.38. The van der Waals surface area contributed by atoms with Crippen molar-refractivity contribution in [3.8, 4) is 17.6 Å². The molecule has 141 valence electrons. The van der Waals surface area contributed by atoms with E-state index in [4.69, 9.17) is 4.74 Å². The van der Waals surface area contributed by atoms with Crippen LogP contribution in [0.2, 0.25) is 0 Å². The second kappa shape index (κ2) is 8.94. The molecule has 3 rings (SSSR count). The van der Waals surface area contributed by atoms with Gasteiger partial charge in [-0.1, -0.05) is 30.0 Å². The number of ether oxygens (including phenoxy) is 1. The summed E-state index contributed by atoms with van der Waals surface area (Å²) in [5.74, 6) is 6.54. The lowest BCUT2D eigenvalue weighted by molar-refractivity contribution is 0.386. The Morgan fingerprint density at radius 1 is 1.00 bits per heavy atom. The first-order chi connectivity index (χ1) is 13.1. The summed E-state index contributed by atoms with van der Waals surface area (Å²) >= 11 is 0. The van der Waals surface area contributed by atoms with E-state index in [0.717, 1.165) is 17.0 Å². The van der Waals surface area contributed by atoms with Gasteiger partial charge >= 0.3 is 0 Å². The molecule has 1 aliphatic heterocycles. The third kappa shape index (κ3) is 5.25. The lowest BCUT2D eigenvalue weighted by Crippen LogP contribution is -2.49. The lowest BCUT2D eigenvalue weighted by Gasteiger charge is -2.35. The Labute approximate surface area is 161 Å².